The zero-order valence-corrected chi connectivity index (χ0v) is 20.1. The van der Waals surface area contributed by atoms with Crippen molar-refractivity contribution in [2.45, 2.75) is 46.2 Å². The quantitative estimate of drug-likeness (QED) is 0.444. The zero-order chi connectivity index (χ0) is 26.0. The van der Waals surface area contributed by atoms with Crippen LogP contribution in [0.5, 0.6) is 23.0 Å². The molecule has 1 aliphatic heterocycles. The highest BCUT2D eigenvalue weighted by Crippen LogP contribution is 2.35. The summed E-state index contributed by atoms with van der Waals surface area (Å²) in [6.45, 7) is 6.39. The number of hydrogen-bond donors (Lipinski definition) is 4. The fourth-order valence-corrected chi connectivity index (χ4v) is 3.88. The molecular weight excluding hydrogens is 460 g/mol. The first-order chi connectivity index (χ1) is 16.4. The average Bonchev–Trinajstić information content (AvgIpc) is 2.82. The van der Waals surface area contributed by atoms with Crippen molar-refractivity contribution in [3.63, 3.8) is 0 Å². The van der Waals surface area contributed by atoms with E-state index in [9.17, 15) is 30.0 Å². The van der Waals surface area contributed by atoms with Crippen LogP contribution in [-0.4, -0.2) is 64.6 Å². The molecule has 5 atom stereocenters. The van der Waals surface area contributed by atoms with Gasteiger partial charge in [0.2, 0.25) is 0 Å². The second-order valence-electron chi connectivity index (χ2n) is 8.74. The molecule has 2 aromatic rings. The molecule has 10 heteroatoms. The maximum atomic E-state index is 12.8. The third-order valence-electron chi connectivity index (χ3n) is 6.48. The van der Waals surface area contributed by atoms with Crippen LogP contribution in [0, 0.1) is 25.7 Å². The lowest BCUT2D eigenvalue weighted by Gasteiger charge is -2.43. The summed E-state index contributed by atoms with van der Waals surface area (Å²) in [6.07, 6.45) is -2.41. The van der Waals surface area contributed by atoms with E-state index in [1.807, 2.05) is 13.8 Å². The van der Waals surface area contributed by atoms with E-state index in [0.717, 1.165) is 0 Å². The normalized spacial score (nSPS) is 24.1. The number of phenolic OH excluding ortho intramolecular Hbond substituents is 4. The van der Waals surface area contributed by atoms with Gasteiger partial charge in [0.05, 0.1) is 11.1 Å². The highest BCUT2D eigenvalue weighted by molar-refractivity contribution is 5.91. The van der Waals surface area contributed by atoms with E-state index < -0.39 is 30.4 Å². The van der Waals surface area contributed by atoms with Gasteiger partial charge in [0, 0.05) is 30.1 Å². The van der Waals surface area contributed by atoms with E-state index in [1.54, 1.807) is 0 Å². The SMILES string of the molecule is CO[C@@H]1OC(COC(=O)c2cc(O)c(C)c(O)c2)[C@@H](OC(=O)c2cc(O)c(C)c(O)c2)[C@H](C)C1C. The summed E-state index contributed by atoms with van der Waals surface area (Å²) in [5.74, 6) is -3.12. The molecule has 35 heavy (non-hydrogen) atoms. The number of rotatable bonds is 6. The number of phenols is 4. The van der Waals surface area contributed by atoms with E-state index in [0.29, 0.717) is 0 Å². The third kappa shape index (κ3) is 5.44. The standard InChI is InChI=1S/C25H30O10/c1-11-12(2)25(32-5)34-21(10-33-23(30)15-6-17(26)13(3)18(27)7-15)22(11)35-24(31)16-8-19(28)14(4)20(29)9-16/h6-9,11-12,21-22,25-29H,10H2,1-5H3/t11-,12?,21?,22+,25-/m1/s1. The number of carbonyl (C=O) groups is 2. The lowest BCUT2D eigenvalue weighted by atomic mass is 9.84. The second kappa shape index (κ2) is 10.4. The average molecular weight is 491 g/mol. The Morgan fingerprint density at radius 3 is 1.74 bits per heavy atom. The van der Waals surface area contributed by atoms with Crippen molar-refractivity contribution >= 4 is 11.9 Å². The van der Waals surface area contributed by atoms with Crippen LogP contribution in [0.4, 0.5) is 0 Å². The molecule has 10 nitrogen and oxygen atoms in total. The van der Waals surface area contributed by atoms with E-state index in [2.05, 4.69) is 0 Å². The highest BCUT2D eigenvalue weighted by atomic mass is 16.7. The molecule has 2 unspecified atom stereocenters. The predicted molar refractivity (Wildman–Crippen MR) is 123 cm³/mol. The van der Waals surface area contributed by atoms with Crippen LogP contribution in [-0.2, 0) is 18.9 Å². The van der Waals surface area contributed by atoms with Crippen LogP contribution in [0.15, 0.2) is 24.3 Å². The summed E-state index contributed by atoms with van der Waals surface area (Å²) >= 11 is 0. The molecule has 1 heterocycles. The minimum absolute atomic E-state index is 0.0549. The summed E-state index contributed by atoms with van der Waals surface area (Å²) in [5, 5.41) is 39.7. The van der Waals surface area contributed by atoms with Crippen molar-refractivity contribution in [1.29, 1.82) is 0 Å². The summed E-state index contributed by atoms with van der Waals surface area (Å²) in [7, 11) is 1.47. The van der Waals surface area contributed by atoms with Crippen molar-refractivity contribution in [2.75, 3.05) is 13.7 Å². The molecule has 0 amide bonds. The van der Waals surface area contributed by atoms with Gasteiger partial charge in [-0.2, -0.15) is 0 Å². The summed E-state index contributed by atoms with van der Waals surface area (Å²) in [4.78, 5) is 25.4. The van der Waals surface area contributed by atoms with Gasteiger partial charge >= 0.3 is 11.9 Å². The van der Waals surface area contributed by atoms with Crippen molar-refractivity contribution in [3.05, 3.63) is 46.5 Å². The molecule has 0 radical (unpaired) electrons. The maximum absolute atomic E-state index is 12.8. The van der Waals surface area contributed by atoms with Gasteiger partial charge < -0.3 is 39.4 Å². The number of benzene rings is 2. The molecule has 4 N–H and O–H groups in total. The Hall–Kier alpha value is -3.50. The Bertz CT molecular complexity index is 1070. The molecule has 1 fully saturated rings. The lowest BCUT2D eigenvalue weighted by Crippen LogP contribution is -2.53. The van der Waals surface area contributed by atoms with Crippen LogP contribution in [0.3, 0.4) is 0 Å². The van der Waals surface area contributed by atoms with Gasteiger partial charge in [-0.1, -0.05) is 13.8 Å². The van der Waals surface area contributed by atoms with Crippen LogP contribution >= 0.6 is 0 Å². The minimum atomic E-state index is -0.903. The van der Waals surface area contributed by atoms with Crippen molar-refractivity contribution in [1.82, 2.24) is 0 Å². The number of ether oxygens (including phenoxy) is 4. The minimum Gasteiger partial charge on any atom is -0.508 e. The van der Waals surface area contributed by atoms with Gasteiger partial charge in [0.15, 0.2) is 6.29 Å². The molecule has 0 aliphatic carbocycles. The van der Waals surface area contributed by atoms with Gasteiger partial charge in [-0.15, -0.1) is 0 Å². The number of esters is 2. The molecular formula is C25H30O10. The van der Waals surface area contributed by atoms with Gasteiger partial charge in [-0.3, -0.25) is 0 Å². The van der Waals surface area contributed by atoms with Gasteiger partial charge in [0.25, 0.3) is 0 Å². The second-order valence-corrected chi connectivity index (χ2v) is 8.74. The molecule has 0 saturated carbocycles. The van der Waals surface area contributed by atoms with Gasteiger partial charge in [-0.05, 0) is 38.1 Å². The monoisotopic (exact) mass is 490 g/mol. The molecule has 0 bridgehead atoms. The van der Waals surface area contributed by atoms with E-state index in [4.69, 9.17) is 18.9 Å². The third-order valence-corrected chi connectivity index (χ3v) is 6.48. The first-order valence-corrected chi connectivity index (χ1v) is 11.1. The zero-order valence-electron chi connectivity index (χ0n) is 20.1. The Kier molecular flexibility index (Phi) is 7.76. The Morgan fingerprint density at radius 1 is 0.829 bits per heavy atom. The summed E-state index contributed by atoms with van der Waals surface area (Å²) in [6, 6.07) is 4.74. The summed E-state index contributed by atoms with van der Waals surface area (Å²) in [5.41, 5.74) is 0.333. The molecule has 1 saturated heterocycles. The van der Waals surface area contributed by atoms with E-state index in [1.165, 1.54) is 45.2 Å². The molecule has 190 valence electrons. The van der Waals surface area contributed by atoms with Crippen LogP contribution in [0.2, 0.25) is 0 Å². The molecule has 1 aliphatic rings. The number of carbonyl (C=O) groups excluding carboxylic acids is 2. The molecule has 3 rings (SSSR count). The van der Waals surface area contributed by atoms with Crippen molar-refractivity contribution in [3.8, 4) is 23.0 Å². The first kappa shape index (κ1) is 26.1. The molecule has 0 aromatic heterocycles. The Labute approximate surface area is 202 Å². The first-order valence-electron chi connectivity index (χ1n) is 11.1. The van der Waals surface area contributed by atoms with E-state index >= 15 is 0 Å². The van der Waals surface area contributed by atoms with Crippen LogP contribution in [0.25, 0.3) is 0 Å². The maximum Gasteiger partial charge on any atom is 0.338 e. The van der Waals surface area contributed by atoms with Crippen LogP contribution < -0.4 is 0 Å². The van der Waals surface area contributed by atoms with Gasteiger partial charge in [-0.25, -0.2) is 9.59 Å². The van der Waals surface area contributed by atoms with Crippen molar-refractivity contribution < 1.29 is 49.0 Å². The number of aromatic hydroxyl groups is 4. The number of methoxy groups -OCH3 is 1. The molecule has 0 spiro atoms. The van der Waals surface area contributed by atoms with E-state index in [-0.39, 0.29) is 63.7 Å². The topological polar surface area (TPSA) is 152 Å². The predicted octanol–water partition coefficient (Wildman–Crippen LogP) is 3.15. The number of hydrogen-bond acceptors (Lipinski definition) is 10. The Balaban J connectivity index is 1.80. The fraction of sp³-hybridized carbons (Fsp3) is 0.440. The lowest BCUT2D eigenvalue weighted by molar-refractivity contribution is -0.259. The van der Waals surface area contributed by atoms with Crippen LogP contribution in [0.1, 0.15) is 45.7 Å². The Morgan fingerprint density at radius 2 is 1.29 bits per heavy atom. The summed E-state index contributed by atoms with van der Waals surface area (Å²) < 4.78 is 22.3. The smallest absolute Gasteiger partial charge is 0.338 e. The van der Waals surface area contributed by atoms with Crippen molar-refractivity contribution in [2.24, 2.45) is 11.8 Å². The highest BCUT2D eigenvalue weighted by Gasteiger charge is 2.44. The van der Waals surface area contributed by atoms with Gasteiger partial charge in [0.1, 0.15) is 41.8 Å². The largest absolute Gasteiger partial charge is 0.508 e. The molecule has 2 aromatic carbocycles. The fourth-order valence-electron chi connectivity index (χ4n) is 3.88.